The molecule has 1 amide bonds. The van der Waals surface area contributed by atoms with Crippen LogP contribution in [0.4, 0.5) is 0 Å². The molecule has 0 unspecified atom stereocenters. The second-order valence-electron chi connectivity index (χ2n) is 4.23. The van der Waals surface area contributed by atoms with Crippen molar-refractivity contribution in [2.75, 3.05) is 20.1 Å². The van der Waals surface area contributed by atoms with E-state index in [1.54, 1.807) is 23.1 Å². The highest BCUT2D eigenvalue weighted by Gasteiger charge is 2.39. The van der Waals surface area contributed by atoms with Crippen molar-refractivity contribution < 1.29 is 4.79 Å². The first-order chi connectivity index (χ1) is 8.15. The number of carbonyl (C=O) groups is 1. The van der Waals surface area contributed by atoms with Crippen LogP contribution in [0.15, 0.2) is 11.4 Å². The smallest absolute Gasteiger partial charge is 0.236 e. The Kier molecular flexibility index (Phi) is 4.12. The van der Waals surface area contributed by atoms with E-state index in [0.717, 1.165) is 13.1 Å². The third-order valence-corrected chi connectivity index (χ3v) is 5.55. The maximum atomic E-state index is 12.1. The minimum Gasteiger partial charge on any atom is -0.323 e. The Morgan fingerprint density at radius 3 is 2.88 bits per heavy atom. The number of thioether (sulfide) groups is 1. The zero-order valence-electron chi connectivity index (χ0n) is 10.4. The molecule has 0 aliphatic carbocycles. The van der Waals surface area contributed by atoms with Crippen LogP contribution in [0.2, 0.25) is 0 Å². The number of hydrogen-bond donors (Lipinski definition) is 1. The highest BCUT2D eigenvalue weighted by molar-refractivity contribution is 8.01. The Hall–Kier alpha value is -0.520. The molecule has 17 heavy (non-hydrogen) atoms. The molecule has 0 bridgehead atoms. The van der Waals surface area contributed by atoms with Crippen LogP contribution in [-0.4, -0.2) is 36.2 Å². The molecule has 1 fully saturated rings. The minimum absolute atomic E-state index is 0.0818. The first kappa shape index (κ1) is 12.9. The lowest BCUT2D eigenvalue weighted by molar-refractivity contribution is -0.129. The molecular formula is C12H18N2OS2. The Morgan fingerprint density at radius 1 is 1.53 bits per heavy atom. The molecule has 2 heterocycles. The number of nitrogens with zero attached hydrogens (tertiary/aromatic N) is 1. The highest BCUT2D eigenvalue weighted by Crippen LogP contribution is 2.45. The molecule has 2 atom stereocenters. The first-order valence-corrected chi connectivity index (χ1v) is 7.62. The first-order valence-electron chi connectivity index (χ1n) is 5.79. The molecule has 1 aliphatic heterocycles. The third kappa shape index (κ3) is 2.51. The third-order valence-electron chi connectivity index (χ3n) is 2.98. The van der Waals surface area contributed by atoms with E-state index in [1.807, 2.05) is 18.9 Å². The summed E-state index contributed by atoms with van der Waals surface area (Å²) < 4.78 is 0. The quantitative estimate of drug-likeness (QED) is 0.910. The van der Waals surface area contributed by atoms with Gasteiger partial charge in [-0.2, -0.15) is 0 Å². The molecule has 3 nitrogen and oxygen atoms in total. The van der Waals surface area contributed by atoms with Gasteiger partial charge in [-0.05, 0) is 37.9 Å². The van der Waals surface area contributed by atoms with Crippen molar-refractivity contribution in [1.82, 2.24) is 10.2 Å². The van der Waals surface area contributed by atoms with E-state index in [-0.39, 0.29) is 16.5 Å². The van der Waals surface area contributed by atoms with Gasteiger partial charge in [0.25, 0.3) is 0 Å². The molecule has 1 saturated heterocycles. The van der Waals surface area contributed by atoms with Crippen LogP contribution in [0.3, 0.4) is 0 Å². The number of amides is 1. The van der Waals surface area contributed by atoms with Gasteiger partial charge in [0.1, 0.15) is 5.37 Å². The molecule has 0 aromatic carbocycles. The van der Waals surface area contributed by atoms with Gasteiger partial charge in [0.15, 0.2) is 0 Å². The topological polar surface area (TPSA) is 32.3 Å². The molecule has 1 N–H and O–H groups in total. The van der Waals surface area contributed by atoms with E-state index in [4.69, 9.17) is 0 Å². The normalized spacial score (nSPS) is 24.6. The molecule has 1 aliphatic rings. The highest BCUT2D eigenvalue weighted by atomic mass is 32.2. The lowest BCUT2D eigenvalue weighted by atomic mass is 10.2. The molecule has 0 saturated carbocycles. The maximum absolute atomic E-state index is 12.1. The summed E-state index contributed by atoms with van der Waals surface area (Å²) in [6.45, 7) is 5.76. The van der Waals surface area contributed by atoms with Crippen molar-refractivity contribution in [3.05, 3.63) is 21.9 Å². The van der Waals surface area contributed by atoms with Gasteiger partial charge in [0.2, 0.25) is 5.91 Å². The van der Waals surface area contributed by atoms with E-state index in [2.05, 4.69) is 23.7 Å². The van der Waals surface area contributed by atoms with Gasteiger partial charge in [0, 0.05) is 18.0 Å². The lowest BCUT2D eigenvalue weighted by Gasteiger charge is -2.23. The second kappa shape index (κ2) is 5.42. The van der Waals surface area contributed by atoms with Gasteiger partial charge in [0.05, 0.1) is 5.25 Å². The number of carbonyl (C=O) groups excluding carboxylic acids is 1. The fourth-order valence-corrected chi connectivity index (χ4v) is 4.53. The fourth-order valence-electron chi connectivity index (χ4n) is 1.97. The molecule has 1 aromatic rings. The largest absolute Gasteiger partial charge is 0.323 e. The molecule has 0 radical (unpaired) electrons. The van der Waals surface area contributed by atoms with Gasteiger partial charge < -0.3 is 10.2 Å². The summed E-state index contributed by atoms with van der Waals surface area (Å²) in [6, 6.07) is 2.13. The van der Waals surface area contributed by atoms with Crippen molar-refractivity contribution in [2.24, 2.45) is 0 Å². The monoisotopic (exact) mass is 270 g/mol. The van der Waals surface area contributed by atoms with Crippen molar-refractivity contribution in [2.45, 2.75) is 24.5 Å². The minimum atomic E-state index is 0.0818. The summed E-state index contributed by atoms with van der Waals surface area (Å²) in [5, 5.41) is 5.51. The Labute approximate surface area is 111 Å². The van der Waals surface area contributed by atoms with Crippen molar-refractivity contribution in [3.8, 4) is 0 Å². The second-order valence-corrected chi connectivity index (χ2v) is 6.61. The van der Waals surface area contributed by atoms with Crippen LogP contribution in [0.5, 0.6) is 0 Å². The predicted octanol–water partition coefficient (Wildman–Crippen LogP) is 2.24. The van der Waals surface area contributed by atoms with Crippen LogP contribution in [0.25, 0.3) is 0 Å². The molecule has 2 rings (SSSR count). The summed E-state index contributed by atoms with van der Waals surface area (Å²) in [5.41, 5.74) is 1.30. The summed E-state index contributed by atoms with van der Waals surface area (Å²) in [4.78, 5) is 15.4. The molecule has 94 valence electrons. The Bertz CT molecular complexity index is 405. The summed E-state index contributed by atoms with van der Waals surface area (Å²) in [7, 11) is 1.92. The van der Waals surface area contributed by atoms with Crippen molar-refractivity contribution in [1.29, 1.82) is 0 Å². The average Bonchev–Trinajstić information content (AvgIpc) is 2.83. The summed E-state index contributed by atoms with van der Waals surface area (Å²) in [5.74, 6) is 0.267. The number of aryl methyl sites for hydroxylation is 1. The standard InChI is InChI=1S/C12H18N2OS2/c1-8-4-7-16-10(8)12-14(6-5-13-3)11(15)9(2)17-12/h4,7,9,12-13H,5-6H2,1-3H3/t9-,12+/m0/s1. The van der Waals surface area contributed by atoms with Crippen LogP contribution in [0.1, 0.15) is 22.7 Å². The van der Waals surface area contributed by atoms with Gasteiger partial charge in [-0.1, -0.05) is 0 Å². The van der Waals surface area contributed by atoms with Crippen molar-refractivity contribution in [3.63, 3.8) is 0 Å². The van der Waals surface area contributed by atoms with E-state index in [1.165, 1.54) is 10.4 Å². The SMILES string of the molecule is CNCCN1C(=O)[C@H](C)S[C@@H]1c1sccc1C. The molecule has 1 aromatic heterocycles. The van der Waals surface area contributed by atoms with E-state index >= 15 is 0 Å². The fraction of sp³-hybridized carbons (Fsp3) is 0.583. The van der Waals surface area contributed by atoms with Gasteiger partial charge >= 0.3 is 0 Å². The van der Waals surface area contributed by atoms with Crippen molar-refractivity contribution >= 4 is 29.0 Å². The molecule has 5 heteroatoms. The van der Waals surface area contributed by atoms with Gasteiger partial charge in [-0.3, -0.25) is 4.79 Å². The number of thiophene rings is 1. The van der Waals surface area contributed by atoms with E-state index in [9.17, 15) is 4.79 Å². The number of rotatable bonds is 4. The zero-order valence-corrected chi connectivity index (χ0v) is 12.0. The van der Waals surface area contributed by atoms with Gasteiger partial charge in [-0.25, -0.2) is 0 Å². The molecular weight excluding hydrogens is 252 g/mol. The molecule has 0 spiro atoms. The average molecular weight is 270 g/mol. The maximum Gasteiger partial charge on any atom is 0.236 e. The van der Waals surface area contributed by atoms with Crippen LogP contribution in [0, 0.1) is 6.92 Å². The Balaban J connectivity index is 2.20. The van der Waals surface area contributed by atoms with Gasteiger partial charge in [-0.15, -0.1) is 23.1 Å². The predicted molar refractivity (Wildman–Crippen MR) is 74.5 cm³/mol. The van der Waals surface area contributed by atoms with Crippen LogP contribution >= 0.6 is 23.1 Å². The van der Waals surface area contributed by atoms with Crippen LogP contribution in [-0.2, 0) is 4.79 Å². The Morgan fingerprint density at radius 2 is 2.29 bits per heavy atom. The number of hydrogen-bond acceptors (Lipinski definition) is 4. The summed E-state index contributed by atoms with van der Waals surface area (Å²) >= 11 is 3.52. The number of nitrogens with one attached hydrogen (secondary N) is 1. The van der Waals surface area contributed by atoms with E-state index < -0.39 is 0 Å². The zero-order chi connectivity index (χ0) is 12.4. The number of likely N-dealkylation sites (N-methyl/N-ethyl adjacent to an activating group) is 1. The summed E-state index contributed by atoms with van der Waals surface area (Å²) in [6.07, 6.45) is 0. The lowest BCUT2D eigenvalue weighted by Crippen LogP contribution is -2.35. The van der Waals surface area contributed by atoms with Crippen LogP contribution < -0.4 is 5.32 Å². The van der Waals surface area contributed by atoms with E-state index in [0.29, 0.717) is 0 Å².